The van der Waals surface area contributed by atoms with Crippen LogP contribution in [0, 0.1) is 13.8 Å². The van der Waals surface area contributed by atoms with Crippen LogP contribution in [0.4, 0.5) is 0 Å². The van der Waals surface area contributed by atoms with Gasteiger partial charge in [-0.3, -0.25) is 4.79 Å². The van der Waals surface area contributed by atoms with E-state index in [0.29, 0.717) is 5.88 Å². The highest BCUT2D eigenvalue weighted by Gasteiger charge is 2.09. The third kappa shape index (κ3) is 2.48. The number of halogens is 1. The Bertz CT molecular complexity index is 359. The van der Waals surface area contributed by atoms with E-state index in [-0.39, 0.29) is 6.42 Å². The number of hydrogen-bond donors (Lipinski definition) is 1. The first-order chi connectivity index (χ1) is 6.54. The molecule has 0 aromatic heterocycles. The van der Waals surface area contributed by atoms with E-state index in [2.05, 4.69) is 0 Å². The summed E-state index contributed by atoms with van der Waals surface area (Å²) >= 11 is 5.77. The average molecular weight is 213 g/mol. The van der Waals surface area contributed by atoms with Gasteiger partial charge in [0.25, 0.3) is 0 Å². The maximum Gasteiger partial charge on any atom is 0.307 e. The van der Waals surface area contributed by atoms with Crippen LogP contribution in [0.25, 0.3) is 0 Å². The van der Waals surface area contributed by atoms with E-state index in [1.165, 1.54) is 0 Å². The summed E-state index contributed by atoms with van der Waals surface area (Å²) in [5.74, 6) is -0.450. The molecular formula is C11H13ClO2. The smallest absolute Gasteiger partial charge is 0.307 e. The molecule has 0 unspecified atom stereocenters. The van der Waals surface area contributed by atoms with E-state index in [0.717, 1.165) is 22.3 Å². The van der Waals surface area contributed by atoms with Crippen molar-refractivity contribution in [2.75, 3.05) is 0 Å². The van der Waals surface area contributed by atoms with Crippen molar-refractivity contribution in [3.63, 3.8) is 0 Å². The van der Waals surface area contributed by atoms with Crippen molar-refractivity contribution in [2.24, 2.45) is 0 Å². The van der Waals surface area contributed by atoms with Gasteiger partial charge in [-0.2, -0.15) is 0 Å². The lowest BCUT2D eigenvalue weighted by molar-refractivity contribution is -0.136. The van der Waals surface area contributed by atoms with E-state index in [1.807, 2.05) is 26.0 Å². The zero-order valence-electron chi connectivity index (χ0n) is 8.30. The van der Waals surface area contributed by atoms with Crippen LogP contribution < -0.4 is 0 Å². The lowest BCUT2D eigenvalue weighted by atomic mass is 9.97. The molecule has 0 saturated heterocycles. The molecule has 0 aliphatic carbocycles. The minimum absolute atomic E-state index is 0.0498. The van der Waals surface area contributed by atoms with Gasteiger partial charge in [-0.15, -0.1) is 11.6 Å². The number of carboxylic acid groups (broad SMARTS) is 1. The largest absolute Gasteiger partial charge is 0.481 e. The van der Waals surface area contributed by atoms with E-state index in [4.69, 9.17) is 16.7 Å². The maximum atomic E-state index is 10.6. The minimum Gasteiger partial charge on any atom is -0.481 e. The van der Waals surface area contributed by atoms with Crippen molar-refractivity contribution in [1.82, 2.24) is 0 Å². The zero-order valence-corrected chi connectivity index (χ0v) is 9.06. The summed E-state index contributed by atoms with van der Waals surface area (Å²) in [6.45, 7) is 3.90. The summed E-state index contributed by atoms with van der Waals surface area (Å²) in [6.07, 6.45) is 0.0498. The Labute approximate surface area is 88.5 Å². The van der Waals surface area contributed by atoms with Crippen molar-refractivity contribution < 1.29 is 9.90 Å². The molecule has 0 aliphatic rings. The second kappa shape index (κ2) is 4.47. The average Bonchev–Trinajstić information content (AvgIpc) is 2.08. The van der Waals surface area contributed by atoms with Crippen molar-refractivity contribution in [2.45, 2.75) is 26.1 Å². The molecule has 76 valence electrons. The number of aliphatic carboxylic acids is 1. The van der Waals surface area contributed by atoms with Crippen LogP contribution in [0.3, 0.4) is 0 Å². The quantitative estimate of drug-likeness (QED) is 0.783. The fraction of sp³-hybridized carbons (Fsp3) is 0.364. The molecule has 0 heterocycles. The zero-order chi connectivity index (χ0) is 10.7. The lowest BCUT2D eigenvalue weighted by Gasteiger charge is -2.10. The summed E-state index contributed by atoms with van der Waals surface area (Å²) in [5.41, 5.74) is 3.89. The molecule has 1 N–H and O–H groups in total. The molecule has 0 amide bonds. The Morgan fingerprint density at radius 3 is 2.57 bits per heavy atom. The van der Waals surface area contributed by atoms with Crippen LogP contribution in [-0.2, 0) is 17.1 Å². The number of carbonyl (C=O) groups is 1. The SMILES string of the molecule is Cc1cc(C)c(CC(=O)O)c(CCl)c1. The summed E-state index contributed by atoms with van der Waals surface area (Å²) < 4.78 is 0. The predicted molar refractivity (Wildman–Crippen MR) is 56.8 cm³/mol. The maximum absolute atomic E-state index is 10.6. The van der Waals surface area contributed by atoms with Crippen LogP contribution >= 0.6 is 11.6 Å². The summed E-state index contributed by atoms with van der Waals surface area (Å²) in [6, 6.07) is 3.92. The molecule has 0 fully saturated rings. The second-order valence-electron chi connectivity index (χ2n) is 3.42. The van der Waals surface area contributed by atoms with Crippen molar-refractivity contribution in [1.29, 1.82) is 0 Å². The van der Waals surface area contributed by atoms with Crippen LogP contribution in [0.5, 0.6) is 0 Å². The van der Waals surface area contributed by atoms with E-state index >= 15 is 0 Å². The van der Waals surface area contributed by atoms with Gasteiger partial charge in [0.05, 0.1) is 6.42 Å². The Morgan fingerprint density at radius 1 is 1.43 bits per heavy atom. The minimum atomic E-state index is -0.816. The molecule has 3 heteroatoms. The molecule has 0 aliphatic heterocycles. The van der Waals surface area contributed by atoms with E-state index < -0.39 is 5.97 Å². The Morgan fingerprint density at radius 2 is 2.07 bits per heavy atom. The first-order valence-electron chi connectivity index (χ1n) is 4.41. The third-order valence-corrected chi connectivity index (χ3v) is 2.47. The molecule has 0 atom stereocenters. The van der Waals surface area contributed by atoms with Gasteiger partial charge in [0, 0.05) is 5.88 Å². The normalized spacial score (nSPS) is 10.2. The number of carboxylic acids is 1. The van der Waals surface area contributed by atoms with Gasteiger partial charge in [0.15, 0.2) is 0 Å². The highest BCUT2D eigenvalue weighted by atomic mass is 35.5. The molecule has 0 bridgehead atoms. The third-order valence-electron chi connectivity index (χ3n) is 2.18. The van der Waals surface area contributed by atoms with Gasteiger partial charge in [0.1, 0.15) is 0 Å². The molecular weight excluding hydrogens is 200 g/mol. The second-order valence-corrected chi connectivity index (χ2v) is 3.69. The van der Waals surface area contributed by atoms with E-state index in [9.17, 15) is 4.79 Å². The fourth-order valence-electron chi connectivity index (χ4n) is 1.61. The highest BCUT2D eigenvalue weighted by Crippen LogP contribution is 2.19. The number of benzene rings is 1. The van der Waals surface area contributed by atoms with Crippen LogP contribution in [0.2, 0.25) is 0 Å². The van der Waals surface area contributed by atoms with Gasteiger partial charge in [-0.25, -0.2) is 0 Å². The topological polar surface area (TPSA) is 37.3 Å². The molecule has 2 nitrogen and oxygen atoms in total. The Hall–Kier alpha value is -1.02. The van der Waals surface area contributed by atoms with Crippen LogP contribution in [0.1, 0.15) is 22.3 Å². The number of alkyl halides is 1. The monoisotopic (exact) mass is 212 g/mol. The molecule has 0 radical (unpaired) electrons. The van der Waals surface area contributed by atoms with E-state index in [1.54, 1.807) is 0 Å². The first-order valence-corrected chi connectivity index (χ1v) is 4.94. The van der Waals surface area contributed by atoms with Gasteiger partial charge in [-0.05, 0) is 30.5 Å². The standard InChI is InChI=1S/C11H13ClO2/c1-7-3-8(2)10(5-11(13)14)9(4-7)6-12/h3-4H,5-6H2,1-2H3,(H,13,14). The summed E-state index contributed by atoms with van der Waals surface area (Å²) in [5, 5.41) is 8.74. The van der Waals surface area contributed by atoms with Gasteiger partial charge < -0.3 is 5.11 Å². The van der Waals surface area contributed by atoms with Crippen LogP contribution in [0.15, 0.2) is 12.1 Å². The first kappa shape index (κ1) is 11.1. The van der Waals surface area contributed by atoms with Crippen LogP contribution in [-0.4, -0.2) is 11.1 Å². The molecule has 0 spiro atoms. The molecule has 0 saturated carbocycles. The number of rotatable bonds is 3. The summed E-state index contributed by atoms with van der Waals surface area (Å²) in [4.78, 5) is 10.6. The fourth-order valence-corrected chi connectivity index (χ4v) is 1.85. The molecule has 1 rings (SSSR count). The van der Waals surface area contributed by atoms with Crippen molar-refractivity contribution >= 4 is 17.6 Å². The Balaban J connectivity index is 3.18. The van der Waals surface area contributed by atoms with Crippen molar-refractivity contribution in [3.8, 4) is 0 Å². The molecule has 1 aromatic rings. The predicted octanol–water partition coefficient (Wildman–Crippen LogP) is 2.67. The molecule has 1 aromatic carbocycles. The summed E-state index contributed by atoms with van der Waals surface area (Å²) in [7, 11) is 0. The lowest BCUT2D eigenvalue weighted by Crippen LogP contribution is -2.05. The van der Waals surface area contributed by atoms with Crippen molar-refractivity contribution in [3.05, 3.63) is 34.4 Å². The molecule has 14 heavy (non-hydrogen) atoms. The number of hydrogen-bond acceptors (Lipinski definition) is 1. The van der Waals surface area contributed by atoms with Gasteiger partial charge in [0.2, 0.25) is 0 Å². The van der Waals surface area contributed by atoms with Gasteiger partial charge >= 0.3 is 5.97 Å². The highest BCUT2D eigenvalue weighted by molar-refractivity contribution is 6.17. The number of aryl methyl sites for hydroxylation is 2. The van der Waals surface area contributed by atoms with Gasteiger partial charge in [-0.1, -0.05) is 17.7 Å². The Kier molecular flexibility index (Phi) is 3.53.